The minimum Gasteiger partial charge on any atom is -0.653 e. The van der Waals surface area contributed by atoms with Gasteiger partial charge in [0.05, 0.1) is 6.61 Å². The van der Waals surface area contributed by atoms with Crippen molar-refractivity contribution in [3.8, 4) is 5.75 Å². The van der Waals surface area contributed by atoms with Gasteiger partial charge in [-0.3, -0.25) is 4.79 Å². The summed E-state index contributed by atoms with van der Waals surface area (Å²) in [7, 11) is 0. The van der Waals surface area contributed by atoms with E-state index in [9.17, 15) is 4.79 Å². The summed E-state index contributed by atoms with van der Waals surface area (Å²) in [6.07, 6.45) is 0.738. The summed E-state index contributed by atoms with van der Waals surface area (Å²) in [5.41, 5.74) is 0. The molecule has 0 radical (unpaired) electrons. The molecule has 0 aliphatic rings. The number of aliphatic carboxylic acids is 1. The number of benzene rings is 1. The number of rotatable bonds is 7. The van der Waals surface area contributed by atoms with E-state index in [2.05, 4.69) is 5.32 Å². The molecule has 0 bridgehead atoms. The number of hydrogen-bond acceptors (Lipinski definition) is 2. The van der Waals surface area contributed by atoms with E-state index >= 15 is 0 Å². The van der Waals surface area contributed by atoms with Crippen LogP contribution in [-0.4, -0.2) is 30.8 Å². The molecule has 0 fully saturated rings. The molecule has 1 rings (SSSR count). The molecule has 0 aliphatic heterocycles. The Hall–Kier alpha value is 0.0864. The fraction of sp³-hybridized carbons (Fsp3) is 0.364. The van der Waals surface area contributed by atoms with Crippen molar-refractivity contribution in [3.63, 3.8) is 0 Å². The Morgan fingerprint density at radius 1 is 1.31 bits per heavy atom. The van der Waals surface area contributed by atoms with Crippen LogP contribution in [0.4, 0.5) is 0 Å². The maximum Gasteiger partial charge on any atom is 1.00 e. The second kappa shape index (κ2) is 10.3. The molecule has 0 heterocycles. The maximum absolute atomic E-state index is 10.1. The Kier molecular flexibility index (Phi) is 10.3. The molecular weight excluding hydrogens is 233 g/mol. The van der Waals surface area contributed by atoms with E-state index in [0.29, 0.717) is 13.2 Å². The van der Waals surface area contributed by atoms with Crippen LogP contribution in [-0.2, 0) is 4.79 Å². The molecule has 0 amide bonds. The van der Waals surface area contributed by atoms with Crippen molar-refractivity contribution >= 4 is 5.97 Å². The fourth-order valence-electron chi connectivity index (χ4n) is 1.06. The van der Waals surface area contributed by atoms with Crippen molar-refractivity contribution in [3.05, 3.63) is 35.6 Å². The van der Waals surface area contributed by atoms with Gasteiger partial charge in [0.2, 0.25) is 0 Å². The summed E-state index contributed by atoms with van der Waals surface area (Å²) in [6, 6.07) is 9.51. The third kappa shape index (κ3) is 8.26. The second-order valence-corrected chi connectivity index (χ2v) is 3.01. The number of ether oxygens (including phenoxy) is 1. The molecule has 16 heavy (non-hydrogen) atoms. The summed E-state index contributed by atoms with van der Waals surface area (Å²) in [4.78, 5) is 10.1. The molecule has 0 saturated heterocycles. The predicted octanol–water partition coefficient (Wildman–Crippen LogP) is -1.08. The fourth-order valence-corrected chi connectivity index (χ4v) is 1.06. The van der Waals surface area contributed by atoms with Gasteiger partial charge in [0.1, 0.15) is 5.75 Å². The molecular formula is C11H14KNO3. The van der Waals surface area contributed by atoms with Gasteiger partial charge in [-0.15, -0.1) is 6.54 Å². The normalized spacial score (nSPS) is 9.25. The number of carboxylic acid groups (broad SMARTS) is 1. The zero-order valence-electron chi connectivity index (χ0n) is 9.43. The van der Waals surface area contributed by atoms with Gasteiger partial charge in [-0.1, -0.05) is 18.2 Å². The summed E-state index contributed by atoms with van der Waals surface area (Å²) < 4.78 is 5.41. The quantitative estimate of drug-likeness (QED) is 0.492. The zero-order chi connectivity index (χ0) is 10.9. The summed E-state index contributed by atoms with van der Waals surface area (Å²) in [5, 5.41) is 12.1. The second-order valence-electron chi connectivity index (χ2n) is 3.01. The monoisotopic (exact) mass is 247 g/mol. The first-order chi connectivity index (χ1) is 7.29. The smallest absolute Gasteiger partial charge is 0.653 e. The predicted molar refractivity (Wildman–Crippen MR) is 57.3 cm³/mol. The largest absolute Gasteiger partial charge is 1.00 e. The molecule has 0 spiro atoms. The zero-order valence-corrected chi connectivity index (χ0v) is 12.5. The van der Waals surface area contributed by atoms with Crippen molar-refractivity contribution in [2.45, 2.75) is 6.42 Å². The Labute approximate surface area is 138 Å². The van der Waals surface area contributed by atoms with Crippen molar-refractivity contribution in [1.82, 2.24) is 0 Å². The van der Waals surface area contributed by atoms with Gasteiger partial charge in [0.25, 0.3) is 5.97 Å². The summed E-state index contributed by atoms with van der Waals surface area (Å²) in [6.45, 7) is 0.970. The van der Waals surface area contributed by atoms with Crippen LogP contribution in [0.1, 0.15) is 6.42 Å². The molecule has 82 valence electrons. The van der Waals surface area contributed by atoms with E-state index in [1.165, 1.54) is 0 Å². The molecule has 0 aromatic heterocycles. The number of hydrogen-bond donors (Lipinski definition) is 1. The van der Waals surface area contributed by atoms with E-state index in [0.717, 1.165) is 12.2 Å². The van der Waals surface area contributed by atoms with Crippen LogP contribution in [0.25, 0.3) is 5.32 Å². The van der Waals surface area contributed by atoms with E-state index in [1.807, 2.05) is 30.3 Å². The number of para-hydroxylation sites is 1. The Morgan fingerprint density at radius 2 is 2.00 bits per heavy atom. The number of carboxylic acids is 1. The molecule has 1 aromatic rings. The molecule has 0 unspecified atom stereocenters. The van der Waals surface area contributed by atoms with Crippen LogP contribution < -0.4 is 56.1 Å². The molecule has 4 nitrogen and oxygen atoms in total. The number of carbonyl (C=O) groups is 1. The standard InChI is InChI=1S/C11H14NO3.K/c13-11(14)9-12-7-4-8-15-10-5-2-1-3-6-10;/h1-3,5-6H,4,7-9H2,(H,13,14);/q-1;+1. The summed E-state index contributed by atoms with van der Waals surface area (Å²) >= 11 is 0. The van der Waals surface area contributed by atoms with Gasteiger partial charge in [-0.2, -0.15) is 0 Å². The molecule has 1 N–H and O–H groups in total. The van der Waals surface area contributed by atoms with Crippen molar-refractivity contribution in [2.24, 2.45) is 0 Å². The Morgan fingerprint density at radius 3 is 2.62 bits per heavy atom. The number of nitrogens with zero attached hydrogens (tertiary/aromatic N) is 1. The van der Waals surface area contributed by atoms with Crippen LogP contribution in [0, 0.1) is 0 Å². The van der Waals surface area contributed by atoms with Gasteiger partial charge in [-0.05, 0) is 25.1 Å². The molecule has 0 aliphatic carbocycles. The Balaban J connectivity index is 0.00000225. The average Bonchev–Trinajstić information content (AvgIpc) is 2.24. The van der Waals surface area contributed by atoms with E-state index in [4.69, 9.17) is 9.84 Å². The molecule has 1 aromatic carbocycles. The van der Waals surface area contributed by atoms with E-state index in [1.54, 1.807) is 0 Å². The van der Waals surface area contributed by atoms with Gasteiger partial charge < -0.3 is 15.2 Å². The topological polar surface area (TPSA) is 60.6 Å². The minimum absolute atomic E-state index is 0. The maximum atomic E-state index is 10.1. The van der Waals surface area contributed by atoms with Crippen LogP contribution in [0.2, 0.25) is 0 Å². The molecule has 5 heteroatoms. The average molecular weight is 247 g/mol. The van der Waals surface area contributed by atoms with Gasteiger partial charge in [-0.25, -0.2) is 0 Å². The first-order valence-corrected chi connectivity index (χ1v) is 4.82. The van der Waals surface area contributed by atoms with Crippen molar-refractivity contribution in [2.75, 3.05) is 19.7 Å². The third-order valence-electron chi connectivity index (χ3n) is 1.72. The van der Waals surface area contributed by atoms with Gasteiger partial charge >= 0.3 is 51.4 Å². The SMILES string of the molecule is O=C(O)C[N-]CCCOc1ccccc1.[K+]. The molecule has 0 saturated carbocycles. The molecule has 0 atom stereocenters. The van der Waals surface area contributed by atoms with Crippen LogP contribution in [0.5, 0.6) is 5.75 Å². The van der Waals surface area contributed by atoms with E-state index in [-0.39, 0.29) is 57.9 Å². The minimum atomic E-state index is -0.890. The van der Waals surface area contributed by atoms with Crippen molar-refractivity contribution in [1.29, 1.82) is 0 Å². The van der Waals surface area contributed by atoms with Crippen molar-refractivity contribution < 1.29 is 66.0 Å². The van der Waals surface area contributed by atoms with Gasteiger partial charge in [0, 0.05) is 0 Å². The third-order valence-corrected chi connectivity index (χ3v) is 1.72. The first kappa shape index (κ1) is 16.1. The summed E-state index contributed by atoms with van der Waals surface area (Å²) in [5.74, 6) is -0.0605. The van der Waals surface area contributed by atoms with E-state index < -0.39 is 5.97 Å². The van der Waals surface area contributed by atoms with Crippen LogP contribution in [0.3, 0.4) is 0 Å². The van der Waals surface area contributed by atoms with Gasteiger partial charge in [0.15, 0.2) is 0 Å². The van der Waals surface area contributed by atoms with Crippen LogP contribution >= 0.6 is 0 Å². The van der Waals surface area contributed by atoms with Crippen LogP contribution in [0.15, 0.2) is 30.3 Å². The Bertz CT molecular complexity index is 293. The first-order valence-electron chi connectivity index (χ1n) is 4.82.